The molecule has 27 heavy (non-hydrogen) atoms. The molecule has 140 valence electrons. The second kappa shape index (κ2) is 7.74. The second-order valence-corrected chi connectivity index (χ2v) is 8.34. The molecule has 0 aromatic carbocycles. The molecule has 4 heterocycles. The maximum atomic E-state index is 12.8. The zero-order valence-corrected chi connectivity index (χ0v) is 16.6. The molecule has 4 rings (SSSR count). The van der Waals surface area contributed by atoms with E-state index in [1.807, 2.05) is 44.8 Å². The summed E-state index contributed by atoms with van der Waals surface area (Å²) in [4.78, 5) is 27.5. The summed E-state index contributed by atoms with van der Waals surface area (Å²) in [7, 11) is 3.64. The minimum atomic E-state index is 0.0809. The molecule has 6 heteroatoms. The minimum absolute atomic E-state index is 0.0809. The number of rotatable bonds is 4. The van der Waals surface area contributed by atoms with Crippen molar-refractivity contribution in [1.29, 1.82) is 0 Å². The van der Waals surface area contributed by atoms with Crippen LogP contribution in [0.25, 0.3) is 10.2 Å². The Kier molecular flexibility index (Phi) is 5.18. The first kappa shape index (κ1) is 18.1. The third-order valence-electron chi connectivity index (χ3n) is 5.15. The fourth-order valence-electron chi connectivity index (χ4n) is 3.90. The van der Waals surface area contributed by atoms with Gasteiger partial charge in [0.05, 0.1) is 4.88 Å². The highest BCUT2D eigenvalue weighted by molar-refractivity contribution is 7.20. The van der Waals surface area contributed by atoms with Crippen molar-refractivity contribution in [2.45, 2.75) is 25.3 Å². The fraction of sp³-hybridized carbons (Fsp3) is 0.381. The highest BCUT2D eigenvalue weighted by Gasteiger charge is 2.29. The number of aromatic nitrogens is 2. The molecular weight excluding hydrogens is 356 g/mol. The summed E-state index contributed by atoms with van der Waals surface area (Å²) in [5.74, 6) is 0.435. The topological polar surface area (TPSA) is 49.3 Å². The van der Waals surface area contributed by atoms with Crippen LogP contribution >= 0.6 is 11.3 Å². The molecule has 3 aromatic rings. The minimum Gasteiger partial charge on any atom is -0.344 e. The number of hydrogen-bond acceptors (Lipinski definition) is 5. The molecule has 1 aliphatic rings. The lowest BCUT2D eigenvalue weighted by Crippen LogP contribution is -2.34. The molecule has 0 bridgehead atoms. The fourth-order valence-corrected chi connectivity index (χ4v) is 5.15. The maximum absolute atomic E-state index is 12.8. The predicted octanol–water partition coefficient (Wildman–Crippen LogP) is 3.77. The number of nitrogens with zero attached hydrogens (tertiary/aromatic N) is 4. The van der Waals surface area contributed by atoms with E-state index in [1.54, 1.807) is 4.90 Å². The first-order chi connectivity index (χ1) is 13.1. The summed E-state index contributed by atoms with van der Waals surface area (Å²) >= 11 is 1.53. The van der Waals surface area contributed by atoms with Crippen molar-refractivity contribution in [3.8, 4) is 0 Å². The highest BCUT2D eigenvalue weighted by atomic mass is 32.1. The summed E-state index contributed by atoms with van der Waals surface area (Å²) < 4.78 is 0. The Morgan fingerprint density at radius 3 is 2.93 bits per heavy atom. The van der Waals surface area contributed by atoms with E-state index >= 15 is 0 Å². The quantitative estimate of drug-likeness (QED) is 0.691. The lowest BCUT2D eigenvalue weighted by molar-refractivity contribution is 0.0830. The Labute approximate surface area is 163 Å². The van der Waals surface area contributed by atoms with Gasteiger partial charge in [-0.1, -0.05) is 12.1 Å². The van der Waals surface area contributed by atoms with Gasteiger partial charge in [-0.15, -0.1) is 11.3 Å². The molecule has 5 nitrogen and oxygen atoms in total. The van der Waals surface area contributed by atoms with Gasteiger partial charge in [-0.2, -0.15) is 0 Å². The van der Waals surface area contributed by atoms with Gasteiger partial charge in [0.25, 0.3) is 5.91 Å². The zero-order chi connectivity index (χ0) is 18.8. The molecule has 1 unspecified atom stereocenters. The normalized spacial score (nSPS) is 17.9. The van der Waals surface area contributed by atoms with E-state index in [4.69, 9.17) is 0 Å². The molecule has 1 fully saturated rings. The molecule has 1 saturated heterocycles. The lowest BCUT2D eigenvalue weighted by atomic mass is 9.88. The monoisotopic (exact) mass is 380 g/mol. The smallest absolute Gasteiger partial charge is 0.263 e. The standard InChI is InChI=1S/C21H24N4OS/c1-24(2)21(26)19-18(17-8-4-10-23-20(17)27-19)16-7-5-11-25(14-16)13-15-6-3-9-22-12-15/h3-4,6,8-10,12,16H,5,7,11,13-14H2,1-2H3. The van der Waals surface area contributed by atoms with Gasteiger partial charge >= 0.3 is 0 Å². The van der Waals surface area contributed by atoms with Gasteiger partial charge in [0.15, 0.2) is 0 Å². The molecule has 0 aliphatic carbocycles. The largest absolute Gasteiger partial charge is 0.344 e. The van der Waals surface area contributed by atoms with Gasteiger partial charge in [-0.05, 0) is 48.6 Å². The average molecular weight is 381 g/mol. The Hall–Kier alpha value is -2.31. The van der Waals surface area contributed by atoms with Crippen LogP contribution in [0.2, 0.25) is 0 Å². The van der Waals surface area contributed by atoms with Crippen LogP contribution in [0.4, 0.5) is 0 Å². The molecular formula is C21H24N4OS. The zero-order valence-electron chi connectivity index (χ0n) is 15.8. The summed E-state index contributed by atoms with van der Waals surface area (Å²) in [6.07, 6.45) is 7.80. The van der Waals surface area contributed by atoms with Crippen molar-refractivity contribution in [3.05, 3.63) is 58.9 Å². The molecule has 0 saturated carbocycles. The third kappa shape index (κ3) is 3.73. The van der Waals surface area contributed by atoms with Crippen molar-refractivity contribution in [1.82, 2.24) is 19.8 Å². The molecule has 1 amide bonds. The van der Waals surface area contributed by atoms with E-state index in [0.29, 0.717) is 5.92 Å². The van der Waals surface area contributed by atoms with Crippen LogP contribution in [0, 0.1) is 0 Å². The number of hydrogen-bond donors (Lipinski definition) is 0. The van der Waals surface area contributed by atoms with Gasteiger partial charge in [0.1, 0.15) is 4.83 Å². The first-order valence-corrected chi connectivity index (χ1v) is 10.2. The van der Waals surface area contributed by atoms with Crippen LogP contribution in [0.3, 0.4) is 0 Å². The first-order valence-electron chi connectivity index (χ1n) is 9.34. The molecule has 0 radical (unpaired) electrons. The van der Waals surface area contributed by atoms with Crippen LogP contribution in [0.5, 0.6) is 0 Å². The SMILES string of the molecule is CN(C)C(=O)c1sc2ncccc2c1C1CCCN(Cc2cccnc2)C1. The number of likely N-dealkylation sites (tertiary alicyclic amines) is 1. The number of fused-ring (bicyclic) bond motifs is 1. The second-order valence-electron chi connectivity index (χ2n) is 7.34. The van der Waals surface area contributed by atoms with Crippen LogP contribution in [-0.2, 0) is 6.54 Å². The maximum Gasteiger partial charge on any atom is 0.263 e. The van der Waals surface area contributed by atoms with Crippen molar-refractivity contribution >= 4 is 27.5 Å². The van der Waals surface area contributed by atoms with E-state index in [0.717, 1.165) is 47.6 Å². The Morgan fingerprint density at radius 1 is 1.30 bits per heavy atom. The number of piperidine rings is 1. The molecule has 3 aromatic heterocycles. The number of carbonyl (C=O) groups is 1. The van der Waals surface area contributed by atoms with Crippen molar-refractivity contribution in [3.63, 3.8) is 0 Å². The van der Waals surface area contributed by atoms with Crippen molar-refractivity contribution in [2.24, 2.45) is 0 Å². The van der Waals surface area contributed by atoms with Gasteiger partial charge < -0.3 is 4.90 Å². The molecule has 0 N–H and O–H groups in total. The summed E-state index contributed by atoms with van der Waals surface area (Å²) in [6.45, 7) is 2.95. The molecule has 0 spiro atoms. The van der Waals surface area contributed by atoms with Crippen LogP contribution in [0.1, 0.15) is 39.6 Å². The third-order valence-corrected chi connectivity index (χ3v) is 6.27. The number of amides is 1. The van der Waals surface area contributed by atoms with Crippen LogP contribution in [-0.4, -0.2) is 52.9 Å². The molecule has 1 aliphatic heterocycles. The van der Waals surface area contributed by atoms with Crippen molar-refractivity contribution < 1.29 is 4.79 Å². The molecule has 1 atom stereocenters. The summed E-state index contributed by atoms with van der Waals surface area (Å²) in [5, 5.41) is 1.14. The number of pyridine rings is 2. The van der Waals surface area contributed by atoms with E-state index in [9.17, 15) is 4.79 Å². The number of thiophene rings is 1. The van der Waals surface area contributed by atoms with E-state index in [1.165, 1.54) is 22.5 Å². The van der Waals surface area contributed by atoms with E-state index in [2.05, 4.69) is 27.0 Å². The van der Waals surface area contributed by atoms with Gasteiger partial charge in [-0.25, -0.2) is 4.98 Å². The van der Waals surface area contributed by atoms with E-state index in [-0.39, 0.29) is 5.91 Å². The lowest BCUT2D eigenvalue weighted by Gasteiger charge is -2.33. The average Bonchev–Trinajstić information content (AvgIpc) is 3.07. The Balaban J connectivity index is 1.66. The Morgan fingerprint density at radius 2 is 2.15 bits per heavy atom. The van der Waals surface area contributed by atoms with E-state index < -0.39 is 0 Å². The van der Waals surface area contributed by atoms with Gasteiger partial charge in [-0.3, -0.25) is 14.7 Å². The summed E-state index contributed by atoms with van der Waals surface area (Å²) in [5.41, 5.74) is 2.43. The Bertz CT molecular complexity index is 938. The number of carbonyl (C=O) groups excluding carboxylic acids is 1. The summed E-state index contributed by atoms with van der Waals surface area (Å²) in [6, 6.07) is 8.20. The highest BCUT2D eigenvalue weighted by Crippen LogP contribution is 2.39. The van der Waals surface area contributed by atoms with Gasteiger partial charge in [0, 0.05) is 51.2 Å². The van der Waals surface area contributed by atoms with Crippen LogP contribution < -0.4 is 0 Å². The van der Waals surface area contributed by atoms with Crippen molar-refractivity contribution in [2.75, 3.05) is 27.2 Å². The van der Waals surface area contributed by atoms with Gasteiger partial charge in [0.2, 0.25) is 0 Å². The van der Waals surface area contributed by atoms with Crippen LogP contribution in [0.15, 0.2) is 42.9 Å². The predicted molar refractivity (Wildman–Crippen MR) is 109 cm³/mol.